The third-order valence-electron chi connectivity index (χ3n) is 9.77. The largest absolute Gasteiger partial charge is 0.432 e. The van der Waals surface area contributed by atoms with Gasteiger partial charge in [-0.05, 0) is 87.2 Å². The summed E-state index contributed by atoms with van der Waals surface area (Å²) in [4.78, 5) is 0. The molecule has 2 saturated carbocycles. The van der Waals surface area contributed by atoms with Gasteiger partial charge in [0.05, 0.1) is 19.1 Å². The van der Waals surface area contributed by atoms with E-state index < -0.39 is 35.2 Å². The molecule has 0 radical (unpaired) electrons. The van der Waals surface area contributed by atoms with Gasteiger partial charge < -0.3 is 14.2 Å². The molecule has 0 N–H and O–H groups in total. The van der Waals surface area contributed by atoms with Crippen molar-refractivity contribution < 1.29 is 36.2 Å². The molecule has 0 unspecified atom stereocenters. The highest BCUT2D eigenvalue weighted by Gasteiger charge is 2.45. The van der Waals surface area contributed by atoms with Crippen molar-refractivity contribution in [2.24, 2.45) is 23.7 Å². The van der Waals surface area contributed by atoms with E-state index in [0.29, 0.717) is 55.9 Å². The molecule has 2 aromatic rings. The summed E-state index contributed by atoms with van der Waals surface area (Å²) in [5.41, 5.74) is 2.65. The average molecular weight is 595 g/mol. The summed E-state index contributed by atoms with van der Waals surface area (Å²) in [5.74, 6) is -5.08. The molecular formula is C34H43F5O3. The van der Waals surface area contributed by atoms with Gasteiger partial charge in [-0.1, -0.05) is 44.0 Å². The molecule has 1 aliphatic heterocycles. The number of hydrogen-bond acceptors (Lipinski definition) is 3. The second kappa shape index (κ2) is 14.1. The fourth-order valence-corrected chi connectivity index (χ4v) is 7.17. The van der Waals surface area contributed by atoms with Crippen molar-refractivity contribution in [3.63, 3.8) is 0 Å². The van der Waals surface area contributed by atoms with Crippen LogP contribution in [0.5, 0.6) is 5.75 Å². The Kier molecular flexibility index (Phi) is 10.5. The van der Waals surface area contributed by atoms with Crippen LogP contribution < -0.4 is 4.74 Å². The van der Waals surface area contributed by atoms with Gasteiger partial charge in [0, 0.05) is 24.0 Å². The lowest BCUT2D eigenvalue weighted by molar-refractivity contribution is -0.226. The minimum absolute atomic E-state index is 0.178. The zero-order valence-electron chi connectivity index (χ0n) is 24.4. The van der Waals surface area contributed by atoms with Crippen molar-refractivity contribution >= 4 is 0 Å². The Balaban J connectivity index is 1.03. The van der Waals surface area contributed by atoms with E-state index in [1.54, 1.807) is 0 Å². The van der Waals surface area contributed by atoms with Gasteiger partial charge in [-0.3, -0.25) is 0 Å². The Bertz CT molecular complexity index is 1110. The lowest BCUT2D eigenvalue weighted by Crippen LogP contribution is -2.40. The first-order valence-electron chi connectivity index (χ1n) is 15.8. The van der Waals surface area contributed by atoms with Gasteiger partial charge in [0.2, 0.25) is 0 Å². The van der Waals surface area contributed by atoms with Crippen molar-refractivity contribution in [2.75, 3.05) is 13.2 Å². The molecule has 0 aromatic heterocycles. The molecule has 0 spiro atoms. The maximum absolute atomic E-state index is 14.8. The second-order valence-corrected chi connectivity index (χ2v) is 12.6. The summed E-state index contributed by atoms with van der Waals surface area (Å²) in [6, 6.07) is 9.81. The van der Waals surface area contributed by atoms with Gasteiger partial charge in [0.15, 0.2) is 23.7 Å². The van der Waals surface area contributed by atoms with Crippen molar-refractivity contribution in [1.82, 2.24) is 0 Å². The van der Waals surface area contributed by atoms with E-state index in [1.807, 2.05) is 0 Å². The van der Waals surface area contributed by atoms with Gasteiger partial charge >= 0.3 is 6.11 Å². The minimum atomic E-state index is -3.58. The predicted molar refractivity (Wildman–Crippen MR) is 151 cm³/mol. The number of benzene rings is 2. The Morgan fingerprint density at radius 3 is 1.88 bits per heavy atom. The highest BCUT2D eigenvalue weighted by molar-refractivity contribution is 5.26. The van der Waals surface area contributed by atoms with Crippen LogP contribution in [0.25, 0.3) is 0 Å². The maximum atomic E-state index is 14.8. The molecule has 0 atom stereocenters. The fourth-order valence-electron chi connectivity index (χ4n) is 7.17. The second-order valence-electron chi connectivity index (χ2n) is 12.6. The molecule has 1 heterocycles. The molecule has 0 bridgehead atoms. The lowest BCUT2D eigenvalue weighted by atomic mass is 9.69. The van der Waals surface area contributed by atoms with E-state index in [4.69, 9.17) is 9.47 Å². The summed E-state index contributed by atoms with van der Waals surface area (Å²) >= 11 is 0. The SMILES string of the molecule is CCCCCc1ccc(C2COC(C3CCC(C4CCC(C(F)(F)Oc5cc(F)c(F)c(F)c5)CC4)CC3)OC2)cc1. The first-order valence-corrected chi connectivity index (χ1v) is 15.8. The molecular weight excluding hydrogens is 551 g/mol. The Morgan fingerprint density at radius 1 is 0.762 bits per heavy atom. The van der Waals surface area contributed by atoms with Crippen LogP contribution in [0.1, 0.15) is 94.6 Å². The monoisotopic (exact) mass is 594 g/mol. The van der Waals surface area contributed by atoms with Crippen LogP contribution in [0.15, 0.2) is 36.4 Å². The number of ether oxygens (including phenoxy) is 3. The maximum Gasteiger partial charge on any atom is 0.400 e. The van der Waals surface area contributed by atoms with Crippen molar-refractivity contribution in [3.05, 3.63) is 65.0 Å². The van der Waals surface area contributed by atoms with Crippen LogP contribution in [0.3, 0.4) is 0 Å². The van der Waals surface area contributed by atoms with E-state index in [9.17, 15) is 22.0 Å². The molecule has 2 aliphatic carbocycles. The third-order valence-corrected chi connectivity index (χ3v) is 9.77. The van der Waals surface area contributed by atoms with Gasteiger partial charge in [-0.2, -0.15) is 8.78 Å². The predicted octanol–water partition coefficient (Wildman–Crippen LogP) is 9.58. The number of aryl methyl sites for hydroxylation is 1. The van der Waals surface area contributed by atoms with Crippen LogP contribution in [0.2, 0.25) is 0 Å². The third kappa shape index (κ3) is 7.65. The van der Waals surface area contributed by atoms with E-state index in [-0.39, 0.29) is 25.0 Å². The van der Waals surface area contributed by atoms with Crippen molar-refractivity contribution in [2.45, 2.75) is 102 Å². The Morgan fingerprint density at radius 2 is 1.31 bits per heavy atom. The van der Waals surface area contributed by atoms with E-state index in [1.165, 1.54) is 30.4 Å². The topological polar surface area (TPSA) is 27.7 Å². The molecule has 232 valence electrons. The minimum Gasteiger partial charge on any atom is -0.432 e. The fraction of sp³-hybridized carbons (Fsp3) is 0.647. The first-order chi connectivity index (χ1) is 20.2. The Labute approximate surface area is 246 Å². The van der Waals surface area contributed by atoms with Crippen LogP contribution in [0.4, 0.5) is 22.0 Å². The van der Waals surface area contributed by atoms with E-state index in [2.05, 4.69) is 35.9 Å². The zero-order chi connectivity index (χ0) is 29.7. The lowest BCUT2D eigenvalue weighted by Gasteiger charge is -2.41. The standard InChI is InChI=1S/C34H43F5O3/c1-2-3-4-5-22-6-8-25(9-7-22)27-20-40-33(41-21-27)26-12-10-23(11-13-26)24-14-16-28(17-15-24)34(38,39)42-29-18-30(35)32(37)31(36)19-29/h6-9,18-19,23-24,26-28,33H,2-5,10-17,20-21H2,1H3. The summed E-state index contributed by atoms with van der Waals surface area (Å²) in [5, 5.41) is 0. The molecule has 42 heavy (non-hydrogen) atoms. The van der Waals surface area contributed by atoms with Crippen LogP contribution in [-0.4, -0.2) is 25.6 Å². The zero-order valence-corrected chi connectivity index (χ0v) is 24.4. The van der Waals surface area contributed by atoms with Crippen molar-refractivity contribution in [3.8, 4) is 5.75 Å². The number of rotatable bonds is 10. The summed E-state index contributed by atoms with van der Waals surface area (Å²) in [6.07, 6.45) is 7.06. The van der Waals surface area contributed by atoms with Crippen LogP contribution in [-0.2, 0) is 15.9 Å². The molecule has 1 saturated heterocycles. The molecule has 0 amide bonds. The number of unbranched alkanes of at least 4 members (excludes halogenated alkanes) is 2. The van der Waals surface area contributed by atoms with E-state index in [0.717, 1.165) is 32.1 Å². The number of alkyl halides is 2. The summed E-state index contributed by atoms with van der Waals surface area (Å²) in [6.45, 7) is 3.55. The molecule has 8 heteroatoms. The molecule has 5 rings (SSSR count). The molecule has 3 aliphatic rings. The van der Waals surface area contributed by atoms with Crippen molar-refractivity contribution in [1.29, 1.82) is 0 Å². The first kappa shape index (κ1) is 31.2. The number of hydrogen-bond donors (Lipinski definition) is 0. The van der Waals surface area contributed by atoms with Gasteiger partial charge in [-0.15, -0.1) is 0 Å². The molecule has 3 fully saturated rings. The smallest absolute Gasteiger partial charge is 0.400 e. The van der Waals surface area contributed by atoms with Crippen LogP contribution >= 0.6 is 0 Å². The van der Waals surface area contributed by atoms with E-state index >= 15 is 0 Å². The Hall–Kier alpha value is -2.19. The highest BCUT2D eigenvalue weighted by Crippen LogP contribution is 2.46. The van der Waals surface area contributed by atoms with Gasteiger partial charge in [0.1, 0.15) is 5.75 Å². The summed E-state index contributed by atoms with van der Waals surface area (Å²) < 4.78 is 86.8. The molecule has 3 nitrogen and oxygen atoms in total. The quantitative estimate of drug-likeness (QED) is 0.156. The summed E-state index contributed by atoms with van der Waals surface area (Å²) in [7, 11) is 0. The average Bonchev–Trinajstić information content (AvgIpc) is 3.00. The van der Waals surface area contributed by atoms with Gasteiger partial charge in [0.25, 0.3) is 0 Å². The number of halogens is 5. The van der Waals surface area contributed by atoms with Gasteiger partial charge in [-0.25, -0.2) is 13.2 Å². The normalized spacial score (nSPS) is 28.9. The molecule has 2 aromatic carbocycles. The van der Waals surface area contributed by atoms with Crippen LogP contribution in [0, 0.1) is 41.1 Å². The highest BCUT2D eigenvalue weighted by atomic mass is 19.3.